The summed E-state index contributed by atoms with van der Waals surface area (Å²) in [6, 6.07) is 12.4. The fourth-order valence-electron chi connectivity index (χ4n) is 1.88. The van der Waals surface area contributed by atoms with Gasteiger partial charge < -0.3 is 9.73 Å². The van der Waals surface area contributed by atoms with E-state index in [0.717, 1.165) is 0 Å². The molecule has 0 saturated heterocycles. The summed E-state index contributed by atoms with van der Waals surface area (Å²) in [5.41, 5.74) is 2.44. The molecule has 2 aromatic heterocycles. The smallest absolute Gasteiger partial charge is 0.246 e. The van der Waals surface area contributed by atoms with Crippen LogP contribution in [0, 0.1) is 11.3 Å². The number of fused-ring (bicyclic) bond motifs is 1. The molecule has 0 fully saturated rings. The average Bonchev–Trinajstić information content (AvgIpc) is 2.91. The van der Waals surface area contributed by atoms with Crippen LogP contribution in [0.4, 0.5) is 5.69 Å². The highest BCUT2D eigenvalue weighted by Crippen LogP contribution is 2.24. The first-order valence-electron chi connectivity index (χ1n) is 6.25. The fraction of sp³-hybridized carbons (Fsp3) is 0.0667. The second kappa shape index (κ2) is 5.43. The largest absolute Gasteiger partial charge is 0.435 e. The molecule has 3 rings (SSSR count). The number of pyridine rings is 1. The van der Waals surface area contributed by atoms with E-state index in [9.17, 15) is 4.79 Å². The van der Waals surface area contributed by atoms with Crippen molar-refractivity contribution >= 4 is 22.7 Å². The van der Waals surface area contributed by atoms with Crippen LogP contribution in [-0.2, 0) is 4.79 Å². The quantitative estimate of drug-likeness (QED) is 0.795. The van der Waals surface area contributed by atoms with Gasteiger partial charge in [-0.05, 0) is 30.3 Å². The number of aromatic nitrogens is 2. The number of amides is 1. The first kappa shape index (κ1) is 12.8. The number of hydrogen-bond acceptors (Lipinski definition) is 5. The van der Waals surface area contributed by atoms with Gasteiger partial charge in [0.1, 0.15) is 17.6 Å². The molecule has 1 amide bonds. The molecule has 2 heterocycles. The minimum absolute atomic E-state index is 0.184. The van der Waals surface area contributed by atoms with Gasteiger partial charge in [-0.1, -0.05) is 6.07 Å². The lowest BCUT2D eigenvalue weighted by molar-refractivity contribution is -0.115. The summed E-state index contributed by atoms with van der Waals surface area (Å²) in [7, 11) is 0. The topological polar surface area (TPSA) is 91.8 Å². The van der Waals surface area contributed by atoms with Crippen LogP contribution in [0.1, 0.15) is 6.42 Å². The predicted octanol–water partition coefficient (Wildman–Crippen LogP) is 2.74. The lowest BCUT2D eigenvalue weighted by Crippen LogP contribution is -2.09. The number of benzene rings is 1. The normalized spacial score (nSPS) is 10.2. The minimum Gasteiger partial charge on any atom is -0.435 e. The summed E-state index contributed by atoms with van der Waals surface area (Å²) in [6.45, 7) is 0. The van der Waals surface area contributed by atoms with E-state index in [-0.39, 0.29) is 12.3 Å². The van der Waals surface area contributed by atoms with Crippen molar-refractivity contribution in [3.8, 4) is 17.7 Å². The number of anilines is 1. The Morgan fingerprint density at radius 3 is 3.00 bits per heavy atom. The van der Waals surface area contributed by atoms with Gasteiger partial charge in [-0.15, -0.1) is 0 Å². The fourth-order valence-corrected chi connectivity index (χ4v) is 1.88. The van der Waals surface area contributed by atoms with Crippen LogP contribution in [-0.4, -0.2) is 15.9 Å². The Labute approximate surface area is 120 Å². The molecule has 1 aromatic carbocycles. The Morgan fingerprint density at radius 1 is 1.33 bits per heavy atom. The van der Waals surface area contributed by atoms with Crippen molar-refractivity contribution in [1.82, 2.24) is 9.97 Å². The van der Waals surface area contributed by atoms with Crippen LogP contribution < -0.4 is 5.32 Å². The number of carbonyl (C=O) groups is 1. The molecule has 102 valence electrons. The van der Waals surface area contributed by atoms with Crippen LogP contribution in [0.2, 0.25) is 0 Å². The first-order valence-corrected chi connectivity index (χ1v) is 6.25. The molecular formula is C15H10N4O2. The van der Waals surface area contributed by atoms with Gasteiger partial charge in [0.2, 0.25) is 11.8 Å². The average molecular weight is 278 g/mol. The van der Waals surface area contributed by atoms with E-state index in [4.69, 9.17) is 9.68 Å². The number of carbonyl (C=O) groups excluding carboxylic acids is 1. The lowest BCUT2D eigenvalue weighted by atomic mass is 10.3. The zero-order valence-electron chi connectivity index (χ0n) is 10.9. The van der Waals surface area contributed by atoms with Gasteiger partial charge >= 0.3 is 0 Å². The van der Waals surface area contributed by atoms with Gasteiger partial charge in [0.25, 0.3) is 0 Å². The van der Waals surface area contributed by atoms with Crippen molar-refractivity contribution < 1.29 is 9.21 Å². The molecule has 0 aliphatic rings. The Balaban J connectivity index is 1.92. The Bertz CT molecular complexity index is 834. The molecule has 1 N–H and O–H groups in total. The number of oxazole rings is 1. The second-order valence-corrected chi connectivity index (χ2v) is 4.30. The number of rotatable bonds is 3. The summed E-state index contributed by atoms with van der Waals surface area (Å²) in [4.78, 5) is 19.9. The highest BCUT2D eigenvalue weighted by molar-refractivity contribution is 5.94. The molecule has 0 aliphatic heterocycles. The maximum Gasteiger partial charge on any atom is 0.246 e. The molecule has 0 aliphatic carbocycles. The molecule has 3 aromatic rings. The van der Waals surface area contributed by atoms with E-state index in [2.05, 4.69) is 15.3 Å². The third kappa shape index (κ3) is 2.72. The maximum atomic E-state index is 11.4. The molecule has 0 atom stereocenters. The SMILES string of the molecule is N#CCC(=O)Nc1ccc2oc(-c3ccccn3)nc2c1. The van der Waals surface area contributed by atoms with E-state index in [1.54, 1.807) is 36.5 Å². The summed E-state index contributed by atoms with van der Waals surface area (Å²) in [5.74, 6) is 0.0661. The van der Waals surface area contributed by atoms with Crippen LogP contribution in [0.15, 0.2) is 47.0 Å². The monoisotopic (exact) mass is 278 g/mol. The van der Waals surface area contributed by atoms with Crippen molar-refractivity contribution in [3.63, 3.8) is 0 Å². The third-order valence-electron chi connectivity index (χ3n) is 2.79. The van der Waals surface area contributed by atoms with E-state index in [0.29, 0.717) is 28.4 Å². The number of nitriles is 1. The third-order valence-corrected chi connectivity index (χ3v) is 2.79. The maximum absolute atomic E-state index is 11.4. The van der Waals surface area contributed by atoms with Gasteiger partial charge in [0, 0.05) is 11.9 Å². The molecule has 6 heteroatoms. The van der Waals surface area contributed by atoms with Gasteiger partial charge in [0.15, 0.2) is 5.58 Å². The van der Waals surface area contributed by atoms with Gasteiger partial charge in [-0.25, -0.2) is 4.98 Å². The van der Waals surface area contributed by atoms with Crippen molar-refractivity contribution in [3.05, 3.63) is 42.6 Å². The summed E-state index contributed by atoms with van der Waals surface area (Å²) in [6.07, 6.45) is 1.48. The standard InChI is InChI=1S/C15H10N4O2/c16-7-6-14(20)18-10-4-5-13-12(9-10)19-15(21-13)11-3-1-2-8-17-11/h1-5,8-9H,6H2,(H,18,20). The highest BCUT2D eigenvalue weighted by atomic mass is 16.3. The van der Waals surface area contributed by atoms with Crippen LogP contribution in [0.3, 0.4) is 0 Å². The van der Waals surface area contributed by atoms with Crippen molar-refractivity contribution in [1.29, 1.82) is 5.26 Å². The molecular weight excluding hydrogens is 268 g/mol. The Hall–Kier alpha value is -3.20. The van der Waals surface area contributed by atoms with Crippen LogP contribution in [0.5, 0.6) is 0 Å². The van der Waals surface area contributed by atoms with Crippen LogP contribution >= 0.6 is 0 Å². The molecule has 0 saturated carbocycles. The molecule has 6 nitrogen and oxygen atoms in total. The zero-order valence-corrected chi connectivity index (χ0v) is 10.9. The zero-order chi connectivity index (χ0) is 14.7. The number of hydrogen-bond donors (Lipinski definition) is 1. The molecule has 21 heavy (non-hydrogen) atoms. The summed E-state index contributed by atoms with van der Waals surface area (Å²) < 4.78 is 5.62. The predicted molar refractivity (Wildman–Crippen MR) is 76.1 cm³/mol. The van der Waals surface area contributed by atoms with Crippen LogP contribution in [0.25, 0.3) is 22.7 Å². The van der Waals surface area contributed by atoms with Gasteiger partial charge in [-0.3, -0.25) is 9.78 Å². The van der Waals surface area contributed by atoms with E-state index >= 15 is 0 Å². The van der Waals surface area contributed by atoms with E-state index in [1.807, 2.05) is 12.1 Å². The summed E-state index contributed by atoms with van der Waals surface area (Å²) >= 11 is 0. The van der Waals surface area contributed by atoms with Crippen molar-refractivity contribution in [2.24, 2.45) is 0 Å². The van der Waals surface area contributed by atoms with Crippen molar-refractivity contribution in [2.45, 2.75) is 6.42 Å². The minimum atomic E-state index is -0.356. The van der Waals surface area contributed by atoms with E-state index < -0.39 is 0 Å². The Morgan fingerprint density at radius 2 is 2.24 bits per heavy atom. The second-order valence-electron chi connectivity index (χ2n) is 4.30. The van der Waals surface area contributed by atoms with Gasteiger partial charge in [-0.2, -0.15) is 5.26 Å². The lowest BCUT2D eigenvalue weighted by Gasteiger charge is -2.00. The van der Waals surface area contributed by atoms with Crippen molar-refractivity contribution in [2.75, 3.05) is 5.32 Å². The molecule has 0 spiro atoms. The first-order chi connectivity index (χ1) is 10.3. The molecule has 0 radical (unpaired) electrons. The molecule has 0 unspecified atom stereocenters. The molecule has 0 bridgehead atoms. The summed E-state index contributed by atoms with van der Waals surface area (Å²) in [5, 5.41) is 11.1. The Kier molecular flexibility index (Phi) is 3.31. The number of nitrogens with one attached hydrogen (secondary N) is 1. The van der Waals surface area contributed by atoms with Gasteiger partial charge in [0.05, 0.1) is 6.07 Å². The van der Waals surface area contributed by atoms with E-state index in [1.165, 1.54) is 0 Å². The number of nitrogens with zero attached hydrogens (tertiary/aromatic N) is 3. The highest BCUT2D eigenvalue weighted by Gasteiger charge is 2.10.